The van der Waals surface area contributed by atoms with E-state index in [1.165, 1.54) is 6.07 Å². The molecule has 0 radical (unpaired) electrons. The van der Waals surface area contributed by atoms with Crippen molar-refractivity contribution in [1.82, 2.24) is 10.2 Å². The number of amides is 1. The Hall–Kier alpha value is -1.56. The molecule has 24 heavy (non-hydrogen) atoms. The second-order valence-corrected chi connectivity index (χ2v) is 7.02. The molecule has 3 nitrogen and oxygen atoms in total. The summed E-state index contributed by atoms with van der Waals surface area (Å²) in [5.74, 6) is 0.285. The number of halogens is 3. The van der Waals surface area contributed by atoms with Gasteiger partial charge in [-0.25, -0.2) is 0 Å². The predicted octanol–water partition coefficient (Wildman–Crippen LogP) is 3.44. The molecule has 1 N–H and O–H groups in total. The van der Waals surface area contributed by atoms with Crippen LogP contribution in [0.4, 0.5) is 13.2 Å². The van der Waals surface area contributed by atoms with Gasteiger partial charge >= 0.3 is 6.18 Å². The van der Waals surface area contributed by atoms with Crippen LogP contribution in [0.25, 0.3) is 0 Å². The third kappa shape index (κ3) is 4.09. The Morgan fingerprint density at radius 3 is 2.58 bits per heavy atom. The highest BCUT2D eigenvalue weighted by atomic mass is 19.4. The number of alkyl halides is 3. The number of nitrogens with one attached hydrogen (secondary N) is 1. The van der Waals surface area contributed by atoms with Crippen molar-refractivity contribution in [1.29, 1.82) is 0 Å². The van der Waals surface area contributed by atoms with E-state index in [0.29, 0.717) is 24.6 Å². The fourth-order valence-electron chi connectivity index (χ4n) is 3.31. The Morgan fingerprint density at radius 2 is 1.96 bits per heavy atom. The Labute approximate surface area is 141 Å². The van der Waals surface area contributed by atoms with Crippen LogP contribution in [0.5, 0.6) is 0 Å². The second-order valence-electron chi connectivity index (χ2n) is 7.02. The average molecular weight is 342 g/mol. The quantitative estimate of drug-likeness (QED) is 0.909. The highest BCUT2D eigenvalue weighted by molar-refractivity contribution is 5.87. The van der Waals surface area contributed by atoms with E-state index in [1.54, 1.807) is 24.8 Å². The monoisotopic (exact) mass is 342 g/mol. The minimum absolute atomic E-state index is 0.109. The predicted molar refractivity (Wildman–Crippen MR) is 87.7 cm³/mol. The van der Waals surface area contributed by atoms with Gasteiger partial charge in [0.1, 0.15) is 0 Å². The number of likely N-dealkylation sites (tertiary alicyclic amines) is 1. The summed E-state index contributed by atoms with van der Waals surface area (Å²) in [5.41, 5.74) is -1.30. The van der Waals surface area contributed by atoms with Gasteiger partial charge in [0.05, 0.1) is 11.0 Å². The van der Waals surface area contributed by atoms with Crippen LogP contribution < -0.4 is 5.32 Å². The molecule has 2 rings (SSSR count). The van der Waals surface area contributed by atoms with Crippen LogP contribution >= 0.6 is 0 Å². The maximum absolute atomic E-state index is 13.0. The molecular formula is C18H25F3N2O. The van der Waals surface area contributed by atoms with Crippen molar-refractivity contribution < 1.29 is 18.0 Å². The van der Waals surface area contributed by atoms with Gasteiger partial charge < -0.3 is 10.2 Å². The van der Waals surface area contributed by atoms with Crippen LogP contribution in [0.15, 0.2) is 24.3 Å². The molecule has 0 bridgehead atoms. The van der Waals surface area contributed by atoms with Gasteiger partial charge in [-0.1, -0.05) is 18.2 Å². The SMILES string of the molecule is CNCC1CCCN(C(=O)C(C)(C)c2cccc(C(F)(F)F)c2)C1. The molecule has 0 spiro atoms. The number of benzene rings is 1. The van der Waals surface area contributed by atoms with Gasteiger partial charge in [0.25, 0.3) is 0 Å². The molecule has 1 aliphatic rings. The first-order chi connectivity index (χ1) is 11.2. The van der Waals surface area contributed by atoms with E-state index in [-0.39, 0.29) is 5.91 Å². The van der Waals surface area contributed by atoms with Gasteiger partial charge in [-0.2, -0.15) is 13.2 Å². The minimum atomic E-state index is -4.40. The molecule has 0 aromatic heterocycles. The summed E-state index contributed by atoms with van der Waals surface area (Å²) >= 11 is 0. The molecule has 134 valence electrons. The lowest BCUT2D eigenvalue weighted by Crippen LogP contribution is -2.49. The van der Waals surface area contributed by atoms with Crippen LogP contribution in [-0.2, 0) is 16.4 Å². The van der Waals surface area contributed by atoms with Crippen molar-refractivity contribution in [2.45, 2.75) is 38.3 Å². The molecule has 0 saturated carbocycles. The highest BCUT2D eigenvalue weighted by Crippen LogP contribution is 2.34. The molecule has 0 aliphatic carbocycles. The van der Waals surface area contributed by atoms with Crippen LogP contribution in [0, 0.1) is 5.92 Å². The van der Waals surface area contributed by atoms with E-state index in [0.717, 1.165) is 31.5 Å². The summed E-state index contributed by atoms with van der Waals surface area (Å²) < 4.78 is 38.8. The minimum Gasteiger partial charge on any atom is -0.342 e. The Morgan fingerprint density at radius 1 is 1.29 bits per heavy atom. The van der Waals surface area contributed by atoms with E-state index >= 15 is 0 Å². The van der Waals surface area contributed by atoms with Crippen LogP contribution in [0.2, 0.25) is 0 Å². The normalized spacial score (nSPS) is 19.4. The number of nitrogens with zero attached hydrogens (tertiary/aromatic N) is 1. The topological polar surface area (TPSA) is 32.3 Å². The Balaban J connectivity index is 2.21. The van der Waals surface area contributed by atoms with E-state index in [4.69, 9.17) is 0 Å². The molecule has 1 amide bonds. The lowest BCUT2D eigenvalue weighted by molar-refractivity contribution is -0.139. The zero-order valence-corrected chi connectivity index (χ0v) is 14.4. The fourth-order valence-corrected chi connectivity index (χ4v) is 3.31. The first kappa shape index (κ1) is 18.8. The maximum Gasteiger partial charge on any atom is 0.416 e. The summed E-state index contributed by atoms with van der Waals surface area (Å²) in [7, 11) is 1.88. The van der Waals surface area contributed by atoms with Crippen molar-refractivity contribution >= 4 is 5.91 Å². The van der Waals surface area contributed by atoms with Crippen molar-refractivity contribution in [2.24, 2.45) is 5.92 Å². The maximum atomic E-state index is 13.0. The van der Waals surface area contributed by atoms with Gasteiger partial charge in [-0.05, 0) is 57.8 Å². The van der Waals surface area contributed by atoms with Crippen molar-refractivity contribution in [3.05, 3.63) is 35.4 Å². The summed E-state index contributed by atoms with van der Waals surface area (Å²) in [5, 5.41) is 3.13. The first-order valence-electron chi connectivity index (χ1n) is 8.28. The van der Waals surface area contributed by atoms with Crippen molar-refractivity contribution in [3.8, 4) is 0 Å². The molecule has 1 unspecified atom stereocenters. The second kappa shape index (κ2) is 7.13. The van der Waals surface area contributed by atoms with Gasteiger partial charge in [-0.15, -0.1) is 0 Å². The van der Waals surface area contributed by atoms with E-state index in [2.05, 4.69) is 5.32 Å². The molecule has 1 aromatic carbocycles. The van der Waals surface area contributed by atoms with E-state index in [1.807, 2.05) is 7.05 Å². The van der Waals surface area contributed by atoms with Gasteiger partial charge in [0.2, 0.25) is 5.91 Å². The third-order valence-corrected chi connectivity index (χ3v) is 4.75. The Bertz CT molecular complexity index is 582. The third-order valence-electron chi connectivity index (χ3n) is 4.75. The number of carbonyl (C=O) groups is 1. The van der Waals surface area contributed by atoms with Crippen molar-refractivity contribution in [3.63, 3.8) is 0 Å². The Kier molecular flexibility index (Phi) is 5.58. The van der Waals surface area contributed by atoms with Crippen LogP contribution in [0.3, 0.4) is 0 Å². The molecule has 6 heteroatoms. The number of carbonyl (C=O) groups excluding carboxylic acids is 1. The standard InChI is InChI=1S/C18H25F3N2O/c1-17(2,14-7-4-8-15(10-14)18(19,20)21)16(24)23-9-5-6-13(12-23)11-22-3/h4,7-8,10,13,22H,5-6,9,11-12H2,1-3H3. The van der Waals surface area contributed by atoms with Crippen LogP contribution in [-0.4, -0.2) is 37.5 Å². The summed E-state index contributed by atoms with van der Waals surface area (Å²) in [4.78, 5) is 14.8. The van der Waals surface area contributed by atoms with Gasteiger partial charge in [0.15, 0.2) is 0 Å². The first-order valence-corrected chi connectivity index (χ1v) is 8.28. The molecule has 1 saturated heterocycles. The molecule has 1 aromatic rings. The molecule has 1 heterocycles. The van der Waals surface area contributed by atoms with Gasteiger partial charge in [-0.3, -0.25) is 4.79 Å². The average Bonchev–Trinajstić information content (AvgIpc) is 2.54. The zero-order chi connectivity index (χ0) is 18.0. The number of hydrogen-bond acceptors (Lipinski definition) is 2. The van der Waals surface area contributed by atoms with Gasteiger partial charge in [0, 0.05) is 13.1 Å². The summed E-state index contributed by atoms with van der Waals surface area (Å²) in [6.45, 7) is 5.57. The largest absolute Gasteiger partial charge is 0.416 e. The van der Waals surface area contributed by atoms with Crippen LogP contribution in [0.1, 0.15) is 37.8 Å². The molecule has 1 atom stereocenters. The number of rotatable bonds is 4. The smallest absolute Gasteiger partial charge is 0.342 e. The van der Waals surface area contributed by atoms with Crippen molar-refractivity contribution in [2.75, 3.05) is 26.7 Å². The lowest BCUT2D eigenvalue weighted by atomic mass is 9.81. The number of piperidine rings is 1. The molecule has 1 aliphatic heterocycles. The summed E-state index contributed by atoms with van der Waals surface area (Å²) in [6, 6.07) is 5.09. The van der Waals surface area contributed by atoms with E-state index in [9.17, 15) is 18.0 Å². The number of hydrogen-bond donors (Lipinski definition) is 1. The van der Waals surface area contributed by atoms with E-state index < -0.39 is 17.2 Å². The summed E-state index contributed by atoms with van der Waals surface area (Å²) in [6.07, 6.45) is -2.41. The molecular weight excluding hydrogens is 317 g/mol. The molecule has 1 fully saturated rings. The highest BCUT2D eigenvalue weighted by Gasteiger charge is 2.38. The fraction of sp³-hybridized carbons (Fsp3) is 0.611. The zero-order valence-electron chi connectivity index (χ0n) is 14.4. The lowest BCUT2D eigenvalue weighted by Gasteiger charge is -2.38.